The molecule has 3 heteroatoms. The van der Waals surface area contributed by atoms with Gasteiger partial charge in [0.1, 0.15) is 5.75 Å². The minimum atomic E-state index is -0.107. The van der Waals surface area contributed by atoms with E-state index in [9.17, 15) is 4.79 Å². The minimum absolute atomic E-state index is 0.107. The van der Waals surface area contributed by atoms with Gasteiger partial charge >= 0.3 is 0 Å². The number of fused-ring (bicyclic) bond motifs is 1. The first kappa shape index (κ1) is 12.5. The third-order valence-electron chi connectivity index (χ3n) is 3.49. The van der Waals surface area contributed by atoms with E-state index in [0.717, 1.165) is 33.3 Å². The fourth-order valence-corrected chi connectivity index (χ4v) is 2.46. The molecule has 0 unspecified atom stereocenters. The van der Waals surface area contributed by atoms with Crippen molar-refractivity contribution in [1.29, 1.82) is 0 Å². The van der Waals surface area contributed by atoms with Crippen LogP contribution in [0, 0.1) is 6.92 Å². The molecule has 3 rings (SSSR count). The van der Waals surface area contributed by atoms with E-state index in [0.29, 0.717) is 0 Å². The second-order valence-electron chi connectivity index (χ2n) is 4.77. The van der Waals surface area contributed by atoms with Gasteiger partial charge in [0.2, 0.25) is 5.56 Å². The first-order chi connectivity index (χ1) is 9.69. The number of rotatable bonds is 2. The van der Waals surface area contributed by atoms with Gasteiger partial charge in [-0.2, -0.15) is 0 Å². The van der Waals surface area contributed by atoms with Crippen LogP contribution in [0.1, 0.15) is 5.56 Å². The van der Waals surface area contributed by atoms with E-state index < -0.39 is 0 Å². The van der Waals surface area contributed by atoms with Crippen molar-refractivity contribution >= 4 is 10.9 Å². The number of hydrogen-bond donors (Lipinski definition) is 1. The Balaban J connectivity index is 2.36. The van der Waals surface area contributed by atoms with Gasteiger partial charge in [-0.05, 0) is 35.7 Å². The Morgan fingerprint density at radius 3 is 2.55 bits per heavy atom. The van der Waals surface area contributed by atoms with Gasteiger partial charge in [-0.25, -0.2) is 0 Å². The van der Waals surface area contributed by atoms with E-state index in [2.05, 4.69) is 4.98 Å². The Morgan fingerprint density at radius 2 is 1.80 bits per heavy atom. The van der Waals surface area contributed by atoms with Crippen LogP contribution in [0.4, 0.5) is 0 Å². The normalized spacial score (nSPS) is 10.7. The van der Waals surface area contributed by atoms with Gasteiger partial charge in [0.25, 0.3) is 0 Å². The summed E-state index contributed by atoms with van der Waals surface area (Å²) in [5.74, 6) is 0.732. The summed E-state index contributed by atoms with van der Waals surface area (Å²) in [6.07, 6.45) is 0. The molecule has 1 aromatic heterocycles. The van der Waals surface area contributed by atoms with Gasteiger partial charge in [0.15, 0.2) is 0 Å². The molecule has 0 saturated carbocycles. The van der Waals surface area contributed by atoms with Crippen LogP contribution in [0.3, 0.4) is 0 Å². The first-order valence-corrected chi connectivity index (χ1v) is 6.46. The topological polar surface area (TPSA) is 42.1 Å². The molecule has 0 bridgehead atoms. The number of methoxy groups -OCH3 is 1. The van der Waals surface area contributed by atoms with Crippen LogP contribution in [0.15, 0.2) is 53.3 Å². The number of pyridine rings is 1. The lowest BCUT2D eigenvalue weighted by atomic mass is 9.97. The molecule has 3 aromatic rings. The van der Waals surface area contributed by atoms with Crippen LogP contribution in [-0.4, -0.2) is 12.1 Å². The lowest BCUT2D eigenvalue weighted by molar-refractivity contribution is 0.415. The maximum Gasteiger partial charge on any atom is 0.249 e. The van der Waals surface area contributed by atoms with Gasteiger partial charge in [-0.1, -0.05) is 24.3 Å². The van der Waals surface area contributed by atoms with Crippen molar-refractivity contribution in [3.8, 4) is 16.9 Å². The molecule has 0 saturated heterocycles. The number of hydrogen-bond acceptors (Lipinski definition) is 2. The Hall–Kier alpha value is -2.55. The molecule has 1 heterocycles. The Morgan fingerprint density at radius 1 is 1.00 bits per heavy atom. The maximum atomic E-state index is 11.9. The highest BCUT2D eigenvalue weighted by atomic mass is 16.5. The van der Waals surface area contributed by atoms with E-state index in [1.807, 2.05) is 49.4 Å². The monoisotopic (exact) mass is 265 g/mol. The SMILES string of the molecule is COc1ccc2c(-c3ccccc3C)cc(=O)[nH]c2c1. The van der Waals surface area contributed by atoms with Gasteiger partial charge in [-0.3, -0.25) is 4.79 Å². The van der Waals surface area contributed by atoms with Crippen LogP contribution in [0.25, 0.3) is 22.0 Å². The van der Waals surface area contributed by atoms with Crippen molar-refractivity contribution in [2.75, 3.05) is 7.11 Å². The summed E-state index contributed by atoms with van der Waals surface area (Å²) >= 11 is 0. The van der Waals surface area contributed by atoms with E-state index >= 15 is 0 Å². The smallest absolute Gasteiger partial charge is 0.249 e. The molecule has 0 aliphatic heterocycles. The third kappa shape index (κ3) is 2.07. The predicted octanol–water partition coefficient (Wildman–Crippen LogP) is 3.51. The van der Waals surface area contributed by atoms with Gasteiger partial charge in [0, 0.05) is 17.5 Å². The fourth-order valence-electron chi connectivity index (χ4n) is 2.46. The standard InChI is InChI=1S/C17H15NO2/c1-11-5-3-4-6-13(11)15-10-17(19)18-16-9-12(20-2)7-8-14(15)16/h3-10H,1-2H3,(H,18,19). The zero-order chi connectivity index (χ0) is 14.1. The van der Waals surface area contributed by atoms with Crippen molar-refractivity contribution in [2.45, 2.75) is 6.92 Å². The van der Waals surface area contributed by atoms with Crippen LogP contribution >= 0.6 is 0 Å². The number of aromatic amines is 1. The highest BCUT2D eigenvalue weighted by Gasteiger charge is 2.08. The molecule has 2 aromatic carbocycles. The summed E-state index contributed by atoms with van der Waals surface area (Å²) in [6, 6.07) is 15.4. The molecule has 0 atom stereocenters. The van der Waals surface area contributed by atoms with Crippen LogP contribution in [0.5, 0.6) is 5.75 Å². The van der Waals surface area contributed by atoms with Gasteiger partial charge < -0.3 is 9.72 Å². The number of ether oxygens (including phenoxy) is 1. The van der Waals surface area contributed by atoms with Gasteiger partial charge in [-0.15, -0.1) is 0 Å². The number of H-pyrrole nitrogens is 1. The van der Waals surface area contributed by atoms with Crippen LogP contribution in [-0.2, 0) is 0 Å². The Labute approximate surface area is 116 Å². The quantitative estimate of drug-likeness (QED) is 0.770. The zero-order valence-electron chi connectivity index (χ0n) is 11.4. The third-order valence-corrected chi connectivity index (χ3v) is 3.49. The van der Waals surface area contributed by atoms with E-state index in [1.165, 1.54) is 0 Å². The van der Waals surface area contributed by atoms with Gasteiger partial charge in [0.05, 0.1) is 12.6 Å². The number of nitrogens with one attached hydrogen (secondary N) is 1. The molecule has 0 spiro atoms. The lowest BCUT2D eigenvalue weighted by Crippen LogP contribution is -2.05. The molecule has 100 valence electrons. The Bertz CT molecular complexity index is 834. The highest BCUT2D eigenvalue weighted by Crippen LogP contribution is 2.30. The van der Waals surface area contributed by atoms with Crippen molar-refractivity contribution < 1.29 is 4.74 Å². The maximum absolute atomic E-state index is 11.9. The van der Waals surface area contributed by atoms with Crippen LogP contribution < -0.4 is 10.3 Å². The minimum Gasteiger partial charge on any atom is -0.497 e. The van der Waals surface area contributed by atoms with Crippen molar-refractivity contribution in [3.05, 3.63) is 64.4 Å². The largest absolute Gasteiger partial charge is 0.497 e. The molecular weight excluding hydrogens is 250 g/mol. The van der Waals surface area contributed by atoms with Crippen molar-refractivity contribution in [2.24, 2.45) is 0 Å². The molecule has 3 nitrogen and oxygen atoms in total. The van der Waals surface area contributed by atoms with Crippen LogP contribution in [0.2, 0.25) is 0 Å². The first-order valence-electron chi connectivity index (χ1n) is 6.46. The second kappa shape index (κ2) is 4.85. The van der Waals surface area contributed by atoms with E-state index in [4.69, 9.17) is 4.74 Å². The van der Waals surface area contributed by atoms with Crippen molar-refractivity contribution in [3.63, 3.8) is 0 Å². The molecular formula is C17H15NO2. The molecule has 1 N–H and O–H groups in total. The summed E-state index contributed by atoms with van der Waals surface area (Å²) in [4.78, 5) is 14.8. The van der Waals surface area contributed by atoms with E-state index in [1.54, 1.807) is 13.2 Å². The molecule has 0 amide bonds. The zero-order valence-corrected chi connectivity index (χ0v) is 11.4. The predicted molar refractivity (Wildman–Crippen MR) is 81.3 cm³/mol. The molecule has 0 radical (unpaired) electrons. The number of benzene rings is 2. The number of aryl methyl sites for hydroxylation is 1. The van der Waals surface area contributed by atoms with Crippen molar-refractivity contribution in [1.82, 2.24) is 4.98 Å². The summed E-state index contributed by atoms with van der Waals surface area (Å²) in [5, 5.41) is 1.01. The molecule has 20 heavy (non-hydrogen) atoms. The Kier molecular flexibility index (Phi) is 3.03. The lowest BCUT2D eigenvalue weighted by Gasteiger charge is -2.10. The van der Waals surface area contributed by atoms with E-state index in [-0.39, 0.29) is 5.56 Å². The molecule has 0 aliphatic carbocycles. The highest BCUT2D eigenvalue weighted by molar-refractivity contribution is 5.95. The number of aromatic nitrogens is 1. The molecule has 0 aliphatic rings. The summed E-state index contributed by atoms with van der Waals surface area (Å²) < 4.78 is 5.21. The average molecular weight is 265 g/mol. The molecule has 0 fully saturated rings. The summed E-state index contributed by atoms with van der Waals surface area (Å²) in [6.45, 7) is 2.05. The fraction of sp³-hybridized carbons (Fsp3) is 0.118. The average Bonchev–Trinajstić information content (AvgIpc) is 2.46. The summed E-state index contributed by atoms with van der Waals surface area (Å²) in [7, 11) is 1.62. The summed E-state index contributed by atoms with van der Waals surface area (Å²) in [5.41, 5.74) is 3.85. The second-order valence-corrected chi connectivity index (χ2v) is 4.77.